The lowest BCUT2D eigenvalue weighted by molar-refractivity contribution is 0.0923. The predicted octanol–water partition coefficient (Wildman–Crippen LogP) is 1.19. The van der Waals surface area contributed by atoms with Gasteiger partial charge in [-0.1, -0.05) is 6.07 Å². The van der Waals surface area contributed by atoms with Crippen molar-refractivity contribution in [3.63, 3.8) is 0 Å². The van der Waals surface area contributed by atoms with E-state index in [1.807, 2.05) is 0 Å². The van der Waals surface area contributed by atoms with Crippen LogP contribution in [0.2, 0.25) is 0 Å². The number of hydrogen-bond donors (Lipinski definition) is 1. The van der Waals surface area contributed by atoms with Gasteiger partial charge in [-0.3, -0.25) is 9.69 Å². The SMILES string of the molecule is O=C(NC1CCN2CCCC12)c1cccc(F)n1. The van der Waals surface area contributed by atoms with Crippen LogP contribution in [0.3, 0.4) is 0 Å². The largest absolute Gasteiger partial charge is 0.346 e. The van der Waals surface area contributed by atoms with Gasteiger partial charge in [-0.05, 0) is 37.9 Å². The van der Waals surface area contributed by atoms with E-state index in [-0.39, 0.29) is 17.6 Å². The van der Waals surface area contributed by atoms with E-state index in [2.05, 4.69) is 15.2 Å². The summed E-state index contributed by atoms with van der Waals surface area (Å²) in [7, 11) is 0. The number of carbonyl (C=O) groups is 1. The lowest BCUT2D eigenvalue weighted by atomic mass is 10.1. The van der Waals surface area contributed by atoms with E-state index < -0.39 is 5.95 Å². The van der Waals surface area contributed by atoms with Gasteiger partial charge in [0.1, 0.15) is 5.69 Å². The molecule has 2 aliphatic rings. The Bertz CT molecular complexity index is 465. The topological polar surface area (TPSA) is 45.2 Å². The average molecular weight is 249 g/mol. The first kappa shape index (κ1) is 11.6. The van der Waals surface area contributed by atoms with Crippen molar-refractivity contribution >= 4 is 5.91 Å². The molecule has 1 aromatic rings. The fourth-order valence-corrected chi connectivity index (χ4v) is 3.03. The first-order chi connectivity index (χ1) is 8.74. The Labute approximate surface area is 105 Å². The fourth-order valence-electron chi connectivity index (χ4n) is 3.03. The highest BCUT2D eigenvalue weighted by molar-refractivity contribution is 5.92. The molecule has 2 saturated heterocycles. The van der Waals surface area contributed by atoms with Crippen molar-refractivity contribution in [2.45, 2.75) is 31.3 Å². The molecule has 3 rings (SSSR count). The lowest BCUT2D eigenvalue weighted by Gasteiger charge is -2.21. The Kier molecular flexibility index (Phi) is 2.99. The summed E-state index contributed by atoms with van der Waals surface area (Å²) < 4.78 is 13.0. The number of fused-ring (bicyclic) bond motifs is 1. The molecule has 0 bridgehead atoms. The summed E-state index contributed by atoms with van der Waals surface area (Å²) in [6, 6.07) is 4.94. The maximum atomic E-state index is 13.0. The third-order valence-electron chi connectivity index (χ3n) is 3.87. The summed E-state index contributed by atoms with van der Waals surface area (Å²) in [6.45, 7) is 2.18. The molecule has 96 valence electrons. The van der Waals surface area contributed by atoms with Crippen LogP contribution >= 0.6 is 0 Å². The van der Waals surface area contributed by atoms with Crippen molar-refractivity contribution in [2.75, 3.05) is 13.1 Å². The first-order valence-electron chi connectivity index (χ1n) is 6.41. The van der Waals surface area contributed by atoms with E-state index in [1.165, 1.54) is 18.6 Å². The molecule has 2 fully saturated rings. The molecule has 1 aromatic heterocycles. The van der Waals surface area contributed by atoms with Crippen LogP contribution in [0.25, 0.3) is 0 Å². The van der Waals surface area contributed by atoms with Crippen LogP contribution in [0, 0.1) is 5.95 Å². The highest BCUT2D eigenvalue weighted by Crippen LogP contribution is 2.27. The van der Waals surface area contributed by atoms with E-state index in [9.17, 15) is 9.18 Å². The summed E-state index contributed by atoms with van der Waals surface area (Å²) in [4.78, 5) is 18.0. The highest BCUT2D eigenvalue weighted by atomic mass is 19.1. The molecule has 2 unspecified atom stereocenters. The molecule has 0 aliphatic carbocycles. The molecule has 0 radical (unpaired) electrons. The van der Waals surface area contributed by atoms with Crippen LogP contribution in [0.5, 0.6) is 0 Å². The normalized spacial score (nSPS) is 27.2. The number of hydrogen-bond acceptors (Lipinski definition) is 3. The molecule has 1 N–H and O–H groups in total. The predicted molar refractivity (Wildman–Crippen MR) is 64.7 cm³/mol. The van der Waals surface area contributed by atoms with Gasteiger partial charge in [0.15, 0.2) is 0 Å². The third-order valence-corrected chi connectivity index (χ3v) is 3.87. The number of nitrogens with zero attached hydrogens (tertiary/aromatic N) is 2. The number of carbonyl (C=O) groups excluding carboxylic acids is 1. The van der Waals surface area contributed by atoms with E-state index in [1.54, 1.807) is 6.07 Å². The maximum absolute atomic E-state index is 13.0. The van der Waals surface area contributed by atoms with Crippen molar-refractivity contribution in [1.82, 2.24) is 15.2 Å². The number of aromatic nitrogens is 1. The van der Waals surface area contributed by atoms with Gasteiger partial charge >= 0.3 is 0 Å². The Balaban J connectivity index is 1.68. The van der Waals surface area contributed by atoms with Crippen LogP contribution in [0.4, 0.5) is 4.39 Å². The van der Waals surface area contributed by atoms with Gasteiger partial charge in [0, 0.05) is 18.6 Å². The van der Waals surface area contributed by atoms with Crippen molar-refractivity contribution < 1.29 is 9.18 Å². The molecular formula is C13H16FN3O. The molecule has 0 spiro atoms. The molecule has 5 heteroatoms. The molecular weight excluding hydrogens is 233 g/mol. The molecule has 18 heavy (non-hydrogen) atoms. The zero-order valence-corrected chi connectivity index (χ0v) is 10.1. The van der Waals surface area contributed by atoms with Crippen LogP contribution < -0.4 is 5.32 Å². The number of amides is 1. The van der Waals surface area contributed by atoms with E-state index in [0.717, 1.165) is 25.9 Å². The Morgan fingerprint density at radius 2 is 2.28 bits per heavy atom. The Morgan fingerprint density at radius 1 is 1.39 bits per heavy atom. The molecule has 3 heterocycles. The summed E-state index contributed by atoms with van der Waals surface area (Å²) in [5.74, 6) is -0.884. The second-order valence-corrected chi connectivity index (χ2v) is 4.96. The fraction of sp³-hybridized carbons (Fsp3) is 0.538. The second-order valence-electron chi connectivity index (χ2n) is 4.96. The second kappa shape index (κ2) is 4.65. The van der Waals surface area contributed by atoms with Crippen LogP contribution in [-0.4, -0.2) is 41.0 Å². The third kappa shape index (κ3) is 2.10. The molecule has 4 nitrogen and oxygen atoms in total. The summed E-state index contributed by atoms with van der Waals surface area (Å²) in [5.41, 5.74) is 0.159. The smallest absolute Gasteiger partial charge is 0.270 e. The van der Waals surface area contributed by atoms with Gasteiger partial charge in [0.05, 0.1) is 0 Å². The Hall–Kier alpha value is -1.49. The molecule has 2 aliphatic heterocycles. The maximum Gasteiger partial charge on any atom is 0.270 e. The molecule has 1 amide bonds. The van der Waals surface area contributed by atoms with Crippen molar-refractivity contribution in [2.24, 2.45) is 0 Å². The van der Waals surface area contributed by atoms with Crippen LogP contribution in [0.1, 0.15) is 29.8 Å². The van der Waals surface area contributed by atoms with Crippen molar-refractivity contribution in [3.8, 4) is 0 Å². The zero-order chi connectivity index (χ0) is 12.5. The van der Waals surface area contributed by atoms with Crippen LogP contribution in [-0.2, 0) is 0 Å². The minimum absolute atomic E-state index is 0.159. The van der Waals surface area contributed by atoms with Gasteiger partial charge in [0.2, 0.25) is 5.95 Å². The summed E-state index contributed by atoms with van der Waals surface area (Å²) in [6.07, 6.45) is 3.32. The zero-order valence-electron chi connectivity index (χ0n) is 10.1. The van der Waals surface area contributed by atoms with Crippen molar-refractivity contribution in [1.29, 1.82) is 0 Å². The lowest BCUT2D eigenvalue weighted by Crippen LogP contribution is -2.42. The minimum Gasteiger partial charge on any atom is -0.346 e. The highest BCUT2D eigenvalue weighted by Gasteiger charge is 2.37. The summed E-state index contributed by atoms with van der Waals surface area (Å²) >= 11 is 0. The number of pyridine rings is 1. The van der Waals surface area contributed by atoms with Gasteiger partial charge < -0.3 is 5.32 Å². The number of nitrogens with one attached hydrogen (secondary N) is 1. The number of halogens is 1. The summed E-state index contributed by atoms with van der Waals surface area (Å²) in [5, 5.41) is 2.98. The van der Waals surface area contributed by atoms with Gasteiger partial charge in [-0.15, -0.1) is 0 Å². The quantitative estimate of drug-likeness (QED) is 0.801. The molecule has 2 atom stereocenters. The van der Waals surface area contributed by atoms with E-state index >= 15 is 0 Å². The Morgan fingerprint density at radius 3 is 3.11 bits per heavy atom. The van der Waals surface area contributed by atoms with E-state index in [0.29, 0.717) is 6.04 Å². The average Bonchev–Trinajstić information content (AvgIpc) is 2.94. The van der Waals surface area contributed by atoms with Gasteiger partial charge in [-0.2, -0.15) is 4.39 Å². The van der Waals surface area contributed by atoms with Crippen LogP contribution in [0.15, 0.2) is 18.2 Å². The first-order valence-corrected chi connectivity index (χ1v) is 6.41. The monoisotopic (exact) mass is 249 g/mol. The van der Waals surface area contributed by atoms with Gasteiger partial charge in [0.25, 0.3) is 5.91 Å². The van der Waals surface area contributed by atoms with Crippen molar-refractivity contribution in [3.05, 3.63) is 29.8 Å². The minimum atomic E-state index is -0.614. The molecule has 0 aromatic carbocycles. The number of rotatable bonds is 2. The standard InChI is InChI=1S/C13H16FN3O/c14-12-5-1-3-10(15-12)13(18)16-9-6-8-17-7-2-4-11(9)17/h1,3,5,9,11H,2,4,6-8H2,(H,16,18). The van der Waals surface area contributed by atoms with E-state index in [4.69, 9.17) is 0 Å². The molecule has 0 saturated carbocycles. The van der Waals surface area contributed by atoms with Gasteiger partial charge in [-0.25, -0.2) is 4.98 Å².